The summed E-state index contributed by atoms with van der Waals surface area (Å²) in [7, 11) is 0. The average molecular weight is 174 g/mol. The second kappa shape index (κ2) is 4.69. The molecular weight excluding hydrogens is 160 g/mol. The van der Waals surface area contributed by atoms with Crippen LogP contribution in [0.15, 0.2) is 5.18 Å². The summed E-state index contributed by atoms with van der Waals surface area (Å²) in [5.74, 6) is 0. The zero-order valence-electron chi connectivity index (χ0n) is 7.37. The van der Waals surface area contributed by atoms with Gasteiger partial charge in [-0.2, -0.15) is 0 Å². The number of hydrogen-bond acceptors (Lipinski definition) is 4. The Hall–Kier alpha value is -1.13. The van der Waals surface area contributed by atoms with Gasteiger partial charge in [-0.25, -0.2) is 4.79 Å². The number of unbranched alkanes of at least 4 members (excludes halogenated alkanes) is 1. The maximum atomic E-state index is 10.3. The Morgan fingerprint density at radius 1 is 1.67 bits per heavy atom. The topological polar surface area (TPSA) is 81.8 Å². The van der Waals surface area contributed by atoms with Gasteiger partial charge in [-0.3, -0.25) is 0 Å². The third kappa shape index (κ3) is 3.90. The summed E-state index contributed by atoms with van der Waals surface area (Å²) in [5.41, 5.74) is 3.48. The largest absolute Gasteiger partial charge is 0.418 e. The second-order valence-corrected chi connectivity index (χ2v) is 2.79. The van der Waals surface area contributed by atoms with Crippen LogP contribution in [0.5, 0.6) is 0 Å². The van der Waals surface area contributed by atoms with Gasteiger partial charge >= 0.3 is 6.09 Å². The number of nitrogens with zero attached hydrogens (tertiary/aromatic N) is 1. The number of primary amides is 1. The van der Waals surface area contributed by atoms with E-state index in [1.165, 1.54) is 6.92 Å². The van der Waals surface area contributed by atoms with Crippen molar-refractivity contribution in [3.05, 3.63) is 4.91 Å². The normalized spacial score (nSPS) is 14.8. The Balaban J connectivity index is 4.04. The van der Waals surface area contributed by atoms with E-state index < -0.39 is 11.8 Å². The van der Waals surface area contributed by atoms with E-state index in [4.69, 9.17) is 5.73 Å². The van der Waals surface area contributed by atoms with E-state index >= 15 is 0 Å². The van der Waals surface area contributed by atoms with Crippen molar-refractivity contribution >= 4 is 6.09 Å². The fourth-order valence-electron chi connectivity index (χ4n) is 0.837. The number of amides is 1. The van der Waals surface area contributed by atoms with Crippen molar-refractivity contribution in [3.8, 4) is 0 Å². The Morgan fingerprint density at radius 2 is 2.25 bits per heavy atom. The van der Waals surface area contributed by atoms with Gasteiger partial charge in [0.2, 0.25) is 5.72 Å². The zero-order valence-corrected chi connectivity index (χ0v) is 7.37. The van der Waals surface area contributed by atoms with Gasteiger partial charge in [-0.05, 0) is 11.6 Å². The van der Waals surface area contributed by atoms with Crippen molar-refractivity contribution in [3.63, 3.8) is 0 Å². The molecule has 0 saturated heterocycles. The maximum Gasteiger partial charge on any atom is 0.406 e. The fraction of sp³-hybridized carbons (Fsp3) is 0.857. The van der Waals surface area contributed by atoms with Gasteiger partial charge in [0.1, 0.15) is 0 Å². The smallest absolute Gasteiger partial charge is 0.406 e. The molecule has 0 aromatic carbocycles. The minimum Gasteiger partial charge on any atom is -0.418 e. The van der Waals surface area contributed by atoms with Crippen LogP contribution in [-0.2, 0) is 4.74 Å². The fourth-order valence-corrected chi connectivity index (χ4v) is 0.837. The first-order valence-corrected chi connectivity index (χ1v) is 3.87. The molecule has 0 fully saturated rings. The molecule has 0 radical (unpaired) electrons. The molecule has 0 aromatic heterocycles. The quantitative estimate of drug-likeness (QED) is 0.644. The molecule has 0 heterocycles. The van der Waals surface area contributed by atoms with Crippen molar-refractivity contribution in [2.45, 2.75) is 38.8 Å². The highest BCUT2D eigenvalue weighted by molar-refractivity contribution is 5.65. The number of ether oxygens (including phenoxy) is 1. The summed E-state index contributed by atoms with van der Waals surface area (Å²) in [6, 6.07) is 0. The van der Waals surface area contributed by atoms with E-state index in [1.54, 1.807) is 0 Å². The summed E-state index contributed by atoms with van der Waals surface area (Å²) >= 11 is 0. The first-order chi connectivity index (χ1) is 5.54. The number of carbonyl (C=O) groups excluding carboxylic acids is 1. The van der Waals surface area contributed by atoms with Crippen molar-refractivity contribution in [1.82, 2.24) is 0 Å². The number of carbonyl (C=O) groups is 1. The summed E-state index contributed by atoms with van der Waals surface area (Å²) in [6.07, 6.45) is 1.13. The predicted molar refractivity (Wildman–Crippen MR) is 44.4 cm³/mol. The lowest BCUT2D eigenvalue weighted by Gasteiger charge is -2.19. The Morgan fingerprint density at radius 3 is 2.58 bits per heavy atom. The van der Waals surface area contributed by atoms with Gasteiger partial charge in [0.15, 0.2) is 0 Å². The van der Waals surface area contributed by atoms with Gasteiger partial charge in [0.05, 0.1) is 0 Å². The van der Waals surface area contributed by atoms with Gasteiger partial charge < -0.3 is 10.5 Å². The molecule has 0 aromatic rings. The Bertz CT molecular complexity index is 172. The molecular formula is C7H14N2O3. The highest BCUT2D eigenvalue weighted by Gasteiger charge is 2.28. The molecule has 0 bridgehead atoms. The van der Waals surface area contributed by atoms with Crippen LogP contribution < -0.4 is 5.73 Å². The molecule has 0 spiro atoms. The number of nitrogens with two attached hydrogens (primary N) is 1. The second-order valence-electron chi connectivity index (χ2n) is 2.79. The third-order valence-corrected chi connectivity index (χ3v) is 1.51. The lowest BCUT2D eigenvalue weighted by molar-refractivity contribution is 0.0285. The molecule has 0 aliphatic carbocycles. The number of rotatable bonds is 5. The van der Waals surface area contributed by atoms with Crippen molar-refractivity contribution in [2.75, 3.05) is 0 Å². The minimum absolute atomic E-state index is 0.413. The molecule has 0 rings (SSSR count). The standard InChI is InChI=1S/C7H14N2O3/c1-3-4-5-7(2,9-11)12-6(8)10/h3-5H2,1-2H3,(H2,8,10). The van der Waals surface area contributed by atoms with E-state index in [0.717, 1.165) is 12.8 Å². The SMILES string of the molecule is CCCCC(C)(N=O)OC(N)=O. The van der Waals surface area contributed by atoms with Gasteiger partial charge in [0, 0.05) is 13.3 Å². The molecule has 70 valence electrons. The molecule has 1 amide bonds. The van der Waals surface area contributed by atoms with Gasteiger partial charge in [-0.1, -0.05) is 13.3 Å². The van der Waals surface area contributed by atoms with Crippen LogP contribution in [0.1, 0.15) is 33.1 Å². The molecule has 12 heavy (non-hydrogen) atoms. The molecule has 5 heteroatoms. The number of nitroso groups, excluding NO2 is 1. The molecule has 0 aliphatic heterocycles. The lowest BCUT2D eigenvalue weighted by Crippen LogP contribution is -2.31. The first-order valence-electron chi connectivity index (χ1n) is 3.87. The Labute approximate surface area is 71.2 Å². The monoisotopic (exact) mass is 174 g/mol. The van der Waals surface area contributed by atoms with Crippen molar-refractivity contribution < 1.29 is 9.53 Å². The van der Waals surface area contributed by atoms with E-state index in [-0.39, 0.29) is 0 Å². The van der Waals surface area contributed by atoms with E-state index in [0.29, 0.717) is 6.42 Å². The van der Waals surface area contributed by atoms with E-state index in [1.807, 2.05) is 6.92 Å². The molecule has 5 nitrogen and oxygen atoms in total. The van der Waals surface area contributed by atoms with Gasteiger partial charge in [-0.15, -0.1) is 4.91 Å². The molecule has 1 unspecified atom stereocenters. The summed E-state index contributed by atoms with van der Waals surface area (Å²) < 4.78 is 4.55. The minimum atomic E-state index is -1.29. The van der Waals surface area contributed by atoms with Crippen LogP contribution in [-0.4, -0.2) is 11.8 Å². The van der Waals surface area contributed by atoms with E-state index in [2.05, 4.69) is 9.91 Å². The predicted octanol–water partition coefficient (Wildman–Crippen LogP) is 1.75. The van der Waals surface area contributed by atoms with Crippen LogP contribution >= 0.6 is 0 Å². The molecule has 0 aliphatic rings. The van der Waals surface area contributed by atoms with Crippen LogP contribution in [0.4, 0.5) is 4.79 Å². The van der Waals surface area contributed by atoms with Crippen LogP contribution in [0.2, 0.25) is 0 Å². The third-order valence-electron chi connectivity index (χ3n) is 1.51. The van der Waals surface area contributed by atoms with Crippen LogP contribution in [0, 0.1) is 4.91 Å². The van der Waals surface area contributed by atoms with E-state index in [9.17, 15) is 9.70 Å². The molecule has 1 atom stereocenters. The summed E-state index contributed by atoms with van der Waals surface area (Å²) in [6.45, 7) is 3.41. The van der Waals surface area contributed by atoms with Crippen molar-refractivity contribution in [2.24, 2.45) is 10.9 Å². The van der Waals surface area contributed by atoms with Crippen LogP contribution in [0.3, 0.4) is 0 Å². The van der Waals surface area contributed by atoms with Crippen LogP contribution in [0.25, 0.3) is 0 Å². The number of hydrogen-bond donors (Lipinski definition) is 1. The summed E-state index contributed by atoms with van der Waals surface area (Å²) in [4.78, 5) is 20.6. The highest BCUT2D eigenvalue weighted by Crippen LogP contribution is 2.19. The zero-order chi connectivity index (χ0) is 9.61. The van der Waals surface area contributed by atoms with Crippen molar-refractivity contribution in [1.29, 1.82) is 0 Å². The first kappa shape index (κ1) is 10.9. The maximum absolute atomic E-state index is 10.3. The van der Waals surface area contributed by atoms with Gasteiger partial charge in [0.25, 0.3) is 0 Å². The molecule has 2 N–H and O–H groups in total. The molecule has 0 saturated carbocycles. The lowest BCUT2D eigenvalue weighted by atomic mass is 10.1. The Kier molecular flexibility index (Phi) is 4.25. The average Bonchev–Trinajstić information content (AvgIpc) is 2.00. The summed E-state index contributed by atoms with van der Waals surface area (Å²) in [5, 5.41) is 2.72. The highest BCUT2D eigenvalue weighted by atomic mass is 16.6.